The van der Waals surface area contributed by atoms with Gasteiger partial charge in [0.05, 0.1) is 18.0 Å². The summed E-state index contributed by atoms with van der Waals surface area (Å²) in [6.45, 7) is 0. The number of fused-ring (bicyclic) bond motifs is 5. The minimum atomic E-state index is -0.421. The van der Waals surface area contributed by atoms with Gasteiger partial charge in [0.1, 0.15) is 0 Å². The van der Waals surface area contributed by atoms with E-state index in [0.717, 1.165) is 5.39 Å². The van der Waals surface area contributed by atoms with Crippen LogP contribution in [0.25, 0.3) is 32.8 Å². The topological polar surface area (TPSA) is 95.7 Å². The fraction of sp³-hybridized carbons (Fsp3) is 0.0625. The molecule has 0 unspecified atom stereocenters. The molecule has 2 aromatic heterocycles. The highest BCUT2D eigenvalue weighted by molar-refractivity contribution is 6.15. The molecule has 110 valence electrons. The molecule has 22 heavy (non-hydrogen) atoms. The van der Waals surface area contributed by atoms with Crippen molar-refractivity contribution in [3.63, 3.8) is 0 Å². The van der Waals surface area contributed by atoms with Crippen LogP contribution in [-0.4, -0.2) is 22.3 Å². The van der Waals surface area contributed by atoms with E-state index in [0.29, 0.717) is 21.9 Å². The summed E-state index contributed by atoms with van der Waals surface area (Å²) >= 11 is 0. The Bertz CT molecular complexity index is 1110. The molecule has 0 aliphatic carbocycles. The minimum absolute atomic E-state index is 0.00492. The molecule has 2 aromatic carbocycles. The van der Waals surface area contributed by atoms with Gasteiger partial charge in [0.2, 0.25) is 11.5 Å². The molecule has 0 saturated carbocycles. The van der Waals surface area contributed by atoms with Gasteiger partial charge in [0, 0.05) is 10.8 Å². The maximum absolute atomic E-state index is 12.4. The maximum Gasteiger partial charge on any atom is 0.260 e. The van der Waals surface area contributed by atoms with E-state index in [1.807, 2.05) is 18.2 Å². The number of rotatable bonds is 1. The molecule has 0 spiro atoms. The van der Waals surface area contributed by atoms with Crippen molar-refractivity contribution >= 4 is 32.8 Å². The van der Waals surface area contributed by atoms with Crippen molar-refractivity contribution in [3.8, 4) is 17.2 Å². The molecule has 0 bridgehead atoms. The van der Waals surface area contributed by atoms with Crippen LogP contribution in [0.4, 0.5) is 0 Å². The molecule has 4 rings (SSSR count). The number of methoxy groups -OCH3 is 1. The summed E-state index contributed by atoms with van der Waals surface area (Å²) in [6, 6.07) is 8.53. The first-order valence-corrected chi connectivity index (χ1v) is 6.58. The molecule has 0 aliphatic rings. The van der Waals surface area contributed by atoms with E-state index in [1.54, 1.807) is 6.07 Å². The van der Waals surface area contributed by atoms with E-state index in [9.17, 15) is 15.0 Å². The Morgan fingerprint density at radius 1 is 1.14 bits per heavy atom. The van der Waals surface area contributed by atoms with Crippen LogP contribution >= 0.6 is 0 Å². The summed E-state index contributed by atoms with van der Waals surface area (Å²) in [6.07, 6.45) is 0. The summed E-state index contributed by atoms with van der Waals surface area (Å²) in [5.74, 6) is -0.802. The highest BCUT2D eigenvalue weighted by Gasteiger charge is 2.21. The summed E-state index contributed by atoms with van der Waals surface area (Å²) in [7, 11) is 1.35. The number of benzene rings is 2. The van der Waals surface area contributed by atoms with Gasteiger partial charge in [-0.05, 0) is 18.2 Å². The smallest absolute Gasteiger partial charge is 0.260 e. The van der Waals surface area contributed by atoms with Gasteiger partial charge in [0.25, 0.3) is 5.56 Å². The molecule has 0 radical (unpaired) electrons. The Balaban J connectivity index is 2.35. The number of hydrogen-bond donors (Lipinski definition) is 3. The molecule has 0 aliphatic heterocycles. The third-order valence-electron chi connectivity index (χ3n) is 3.74. The molecule has 0 amide bonds. The van der Waals surface area contributed by atoms with Crippen LogP contribution in [-0.2, 0) is 0 Å². The Morgan fingerprint density at radius 2 is 1.91 bits per heavy atom. The SMILES string of the molecule is COc1c(O)c(O)cc2c1oc1c3ccccc3[nH]c(=O)c21. The van der Waals surface area contributed by atoms with Gasteiger partial charge in [-0.1, -0.05) is 12.1 Å². The van der Waals surface area contributed by atoms with Crippen LogP contribution in [0.15, 0.2) is 39.5 Å². The number of ether oxygens (including phenoxy) is 1. The molecule has 3 N–H and O–H groups in total. The first-order valence-electron chi connectivity index (χ1n) is 6.58. The number of aromatic nitrogens is 1. The zero-order valence-corrected chi connectivity index (χ0v) is 11.5. The predicted octanol–water partition coefficient (Wildman–Crippen LogP) is 2.85. The van der Waals surface area contributed by atoms with Crippen molar-refractivity contribution in [1.82, 2.24) is 4.98 Å². The summed E-state index contributed by atoms with van der Waals surface area (Å²) in [4.78, 5) is 15.1. The van der Waals surface area contributed by atoms with Crippen molar-refractivity contribution in [3.05, 3.63) is 40.7 Å². The summed E-state index contributed by atoms with van der Waals surface area (Å²) in [5, 5.41) is 21.1. The predicted molar refractivity (Wildman–Crippen MR) is 81.7 cm³/mol. The number of phenols is 2. The van der Waals surface area contributed by atoms with Crippen molar-refractivity contribution in [1.29, 1.82) is 0 Å². The second kappa shape index (κ2) is 4.17. The fourth-order valence-corrected chi connectivity index (χ4v) is 2.76. The number of H-pyrrole nitrogens is 1. The fourth-order valence-electron chi connectivity index (χ4n) is 2.76. The zero-order chi connectivity index (χ0) is 15.4. The van der Waals surface area contributed by atoms with E-state index in [2.05, 4.69) is 4.98 Å². The number of furan rings is 1. The number of para-hydroxylation sites is 1. The molecular weight excluding hydrogens is 286 g/mol. The van der Waals surface area contributed by atoms with Crippen LogP contribution in [0, 0.1) is 0 Å². The van der Waals surface area contributed by atoms with Crippen LogP contribution < -0.4 is 10.3 Å². The van der Waals surface area contributed by atoms with Crippen LogP contribution in [0.3, 0.4) is 0 Å². The lowest BCUT2D eigenvalue weighted by molar-refractivity contribution is 0.351. The van der Waals surface area contributed by atoms with Gasteiger partial charge in [-0.25, -0.2) is 0 Å². The molecule has 0 atom stereocenters. The maximum atomic E-state index is 12.4. The number of phenolic OH excluding ortho intramolecular Hbond substituents is 2. The zero-order valence-electron chi connectivity index (χ0n) is 11.5. The first-order chi connectivity index (χ1) is 10.6. The number of aromatic hydroxyl groups is 2. The summed E-state index contributed by atoms with van der Waals surface area (Å²) in [5.41, 5.74) is 0.915. The largest absolute Gasteiger partial charge is 0.504 e. The molecule has 0 saturated heterocycles. The third-order valence-corrected chi connectivity index (χ3v) is 3.74. The highest BCUT2D eigenvalue weighted by Crippen LogP contribution is 2.45. The van der Waals surface area contributed by atoms with E-state index in [-0.39, 0.29) is 22.6 Å². The Kier molecular flexibility index (Phi) is 2.39. The van der Waals surface area contributed by atoms with Crippen molar-refractivity contribution < 1.29 is 19.4 Å². The lowest BCUT2D eigenvalue weighted by Crippen LogP contribution is -2.04. The Morgan fingerprint density at radius 3 is 2.68 bits per heavy atom. The van der Waals surface area contributed by atoms with Gasteiger partial charge in [-0.3, -0.25) is 4.79 Å². The monoisotopic (exact) mass is 297 g/mol. The van der Waals surface area contributed by atoms with Crippen LogP contribution in [0.1, 0.15) is 0 Å². The molecular formula is C16H11NO5. The van der Waals surface area contributed by atoms with Crippen molar-refractivity contribution in [2.45, 2.75) is 0 Å². The number of aromatic amines is 1. The molecule has 2 heterocycles. The number of nitrogens with one attached hydrogen (secondary N) is 1. The lowest BCUT2D eigenvalue weighted by Gasteiger charge is -2.04. The molecule has 6 nitrogen and oxygen atoms in total. The summed E-state index contributed by atoms with van der Waals surface area (Å²) < 4.78 is 10.9. The van der Waals surface area contributed by atoms with E-state index < -0.39 is 5.75 Å². The van der Waals surface area contributed by atoms with Crippen LogP contribution in [0.5, 0.6) is 17.2 Å². The normalized spacial score (nSPS) is 11.5. The van der Waals surface area contributed by atoms with Crippen molar-refractivity contribution in [2.24, 2.45) is 0 Å². The standard InChI is InChI=1S/C16H11NO5/c1-21-15-12(19)10(18)6-8-11-13(22-14(8)15)7-4-2-3-5-9(7)17-16(11)20/h2-6,18-19H,1H3,(H,17,20). The number of hydrogen-bond acceptors (Lipinski definition) is 5. The van der Waals surface area contributed by atoms with E-state index >= 15 is 0 Å². The van der Waals surface area contributed by atoms with E-state index in [4.69, 9.17) is 9.15 Å². The van der Waals surface area contributed by atoms with Crippen LogP contribution in [0.2, 0.25) is 0 Å². The van der Waals surface area contributed by atoms with Gasteiger partial charge < -0.3 is 24.4 Å². The molecule has 4 aromatic rings. The lowest BCUT2D eigenvalue weighted by atomic mass is 10.1. The quantitative estimate of drug-likeness (QED) is 0.469. The molecule has 0 fully saturated rings. The van der Waals surface area contributed by atoms with Crippen molar-refractivity contribution in [2.75, 3.05) is 7.11 Å². The Hall–Kier alpha value is -3.15. The number of pyridine rings is 1. The highest BCUT2D eigenvalue weighted by atomic mass is 16.5. The Labute approximate surface area is 123 Å². The second-order valence-electron chi connectivity index (χ2n) is 4.96. The molecule has 6 heteroatoms. The van der Waals surface area contributed by atoms with Gasteiger partial charge >= 0.3 is 0 Å². The average Bonchev–Trinajstić information content (AvgIpc) is 2.88. The average molecular weight is 297 g/mol. The second-order valence-corrected chi connectivity index (χ2v) is 4.96. The first kappa shape index (κ1) is 12.6. The van der Waals surface area contributed by atoms with E-state index in [1.165, 1.54) is 13.2 Å². The van der Waals surface area contributed by atoms with Gasteiger partial charge in [-0.15, -0.1) is 0 Å². The van der Waals surface area contributed by atoms with Gasteiger partial charge in [-0.2, -0.15) is 0 Å². The third kappa shape index (κ3) is 1.46. The minimum Gasteiger partial charge on any atom is -0.504 e. The van der Waals surface area contributed by atoms with Gasteiger partial charge in [0.15, 0.2) is 16.9 Å².